The van der Waals surface area contributed by atoms with Crippen LogP contribution in [0.2, 0.25) is 0 Å². The summed E-state index contributed by atoms with van der Waals surface area (Å²) in [5.74, 6) is 0.649. The Balaban J connectivity index is 3.87. The minimum Gasteiger partial charge on any atom is -0.345 e. The van der Waals surface area contributed by atoms with Crippen LogP contribution in [0.15, 0.2) is 4.79 Å². The molecule has 1 aromatic heterocycles. The Labute approximate surface area is 111 Å². The van der Waals surface area contributed by atoms with Crippen LogP contribution in [-0.2, 0) is 0 Å². The standard InChI is InChI=1S/C16H27NO/c1-9(2)14-15(10(3)4)17(11(5)6)13(8)12(7)16(14)18/h9-11H,1-8H3. The minimum absolute atomic E-state index is 0.239. The van der Waals surface area contributed by atoms with E-state index in [-0.39, 0.29) is 11.3 Å². The molecule has 2 nitrogen and oxygen atoms in total. The smallest absolute Gasteiger partial charge is 0.188 e. The van der Waals surface area contributed by atoms with E-state index >= 15 is 0 Å². The Kier molecular flexibility index (Phi) is 4.41. The van der Waals surface area contributed by atoms with Crippen molar-refractivity contribution in [2.75, 3.05) is 0 Å². The van der Waals surface area contributed by atoms with Gasteiger partial charge >= 0.3 is 0 Å². The lowest BCUT2D eigenvalue weighted by Crippen LogP contribution is -2.27. The fourth-order valence-electron chi connectivity index (χ4n) is 2.79. The third-order valence-corrected chi connectivity index (χ3v) is 3.67. The van der Waals surface area contributed by atoms with Gasteiger partial charge < -0.3 is 4.57 Å². The SMILES string of the molecule is Cc1c(C)n(C(C)C)c(C(C)C)c(C(C)C)c1=O. The fraction of sp³-hybridized carbons (Fsp3) is 0.688. The molecule has 1 heterocycles. The molecule has 0 saturated heterocycles. The quantitative estimate of drug-likeness (QED) is 0.783. The van der Waals surface area contributed by atoms with E-state index in [0.717, 1.165) is 16.8 Å². The molecule has 2 heteroatoms. The van der Waals surface area contributed by atoms with Crippen LogP contribution in [0.5, 0.6) is 0 Å². The van der Waals surface area contributed by atoms with E-state index in [2.05, 4.69) is 53.0 Å². The molecular formula is C16H27NO. The summed E-state index contributed by atoms with van der Waals surface area (Å²) in [5, 5.41) is 0. The number of rotatable bonds is 3. The van der Waals surface area contributed by atoms with E-state index in [1.165, 1.54) is 5.69 Å². The second-order valence-corrected chi connectivity index (χ2v) is 6.11. The van der Waals surface area contributed by atoms with Crippen molar-refractivity contribution in [1.82, 2.24) is 4.57 Å². The Morgan fingerprint density at radius 1 is 0.889 bits per heavy atom. The molecule has 0 spiro atoms. The summed E-state index contributed by atoms with van der Waals surface area (Å²) < 4.78 is 2.34. The number of hydrogen-bond acceptors (Lipinski definition) is 1. The Hall–Kier alpha value is -1.05. The predicted octanol–water partition coefficient (Wildman–Crippen LogP) is 4.29. The first-order chi connectivity index (χ1) is 8.20. The summed E-state index contributed by atoms with van der Waals surface area (Å²) in [6.45, 7) is 17.0. The molecule has 18 heavy (non-hydrogen) atoms. The molecule has 1 rings (SSSR count). The molecule has 0 atom stereocenters. The van der Waals surface area contributed by atoms with Crippen molar-refractivity contribution in [2.24, 2.45) is 0 Å². The van der Waals surface area contributed by atoms with Gasteiger partial charge in [0, 0.05) is 28.6 Å². The average Bonchev–Trinajstić information content (AvgIpc) is 2.23. The van der Waals surface area contributed by atoms with E-state index in [1.54, 1.807) is 0 Å². The highest BCUT2D eigenvalue weighted by Gasteiger charge is 2.22. The van der Waals surface area contributed by atoms with Gasteiger partial charge in [0.15, 0.2) is 5.43 Å². The molecule has 0 aliphatic heterocycles. The molecule has 0 saturated carbocycles. The van der Waals surface area contributed by atoms with Crippen molar-refractivity contribution in [1.29, 1.82) is 0 Å². The second-order valence-electron chi connectivity index (χ2n) is 6.11. The fourth-order valence-corrected chi connectivity index (χ4v) is 2.79. The molecule has 0 aliphatic carbocycles. The van der Waals surface area contributed by atoms with Crippen LogP contribution in [0.1, 0.15) is 81.9 Å². The van der Waals surface area contributed by atoms with Gasteiger partial charge in [0.2, 0.25) is 0 Å². The molecule has 0 radical (unpaired) electrons. The van der Waals surface area contributed by atoms with Crippen molar-refractivity contribution in [3.63, 3.8) is 0 Å². The third kappa shape index (κ3) is 2.38. The van der Waals surface area contributed by atoms with Crippen molar-refractivity contribution >= 4 is 0 Å². The van der Waals surface area contributed by atoms with E-state index in [4.69, 9.17) is 0 Å². The van der Waals surface area contributed by atoms with Crippen LogP contribution in [0.3, 0.4) is 0 Å². The summed E-state index contributed by atoms with van der Waals surface area (Å²) in [7, 11) is 0. The highest BCUT2D eigenvalue weighted by molar-refractivity contribution is 5.35. The summed E-state index contributed by atoms with van der Waals surface area (Å²) in [6, 6.07) is 0.388. The van der Waals surface area contributed by atoms with Gasteiger partial charge in [0.1, 0.15) is 0 Å². The van der Waals surface area contributed by atoms with E-state index in [0.29, 0.717) is 12.0 Å². The first-order valence-corrected chi connectivity index (χ1v) is 6.95. The van der Waals surface area contributed by atoms with Gasteiger partial charge in [-0.05, 0) is 39.5 Å². The maximum atomic E-state index is 12.5. The van der Waals surface area contributed by atoms with E-state index < -0.39 is 0 Å². The Morgan fingerprint density at radius 2 is 1.39 bits per heavy atom. The van der Waals surface area contributed by atoms with Crippen LogP contribution < -0.4 is 5.43 Å². The second kappa shape index (κ2) is 5.29. The zero-order valence-corrected chi connectivity index (χ0v) is 13.1. The Bertz CT molecular complexity index is 493. The van der Waals surface area contributed by atoms with Crippen molar-refractivity contribution < 1.29 is 0 Å². The normalized spacial score (nSPS) is 11.9. The highest BCUT2D eigenvalue weighted by atomic mass is 16.1. The van der Waals surface area contributed by atoms with Crippen LogP contribution in [0.25, 0.3) is 0 Å². The molecule has 0 bridgehead atoms. The van der Waals surface area contributed by atoms with Crippen molar-refractivity contribution in [3.05, 3.63) is 32.7 Å². The largest absolute Gasteiger partial charge is 0.345 e. The zero-order chi connectivity index (χ0) is 14.2. The molecule has 0 unspecified atom stereocenters. The molecule has 1 aromatic rings. The number of nitrogens with zero attached hydrogens (tertiary/aromatic N) is 1. The van der Waals surface area contributed by atoms with Crippen molar-refractivity contribution in [3.8, 4) is 0 Å². The summed E-state index contributed by atoms with van der Waals surface area (Å²) >= 11 is 0. The summed E-state index contributed by atoms with van der Waals surface area (Å²) in [6.07, 6.45) is 0. The van der Waals surface area contributed by atoms with Crippen LogP contribution in [0, 0.1) is 13.8 Å². The van der Waals surface area contributed by atoms with Crippen LogP contribution in [-0.4, -0.2) is 4.57 Å². The van der Waals surface area contributed by atoms with Gasteiger partial charge in [-0.15, -0.1) is 0 Å². The molecule has 102 valence electrons. The Morgan fingerprint density at radius 3 is 1.72 bits per heavy atom. The number of hydrogen-bond donors (Lipinski definition) is 0. The van der Waals surface area contributed by atoms with Gasteiger partial charge in [-0.25, -0.2) is 0 Å². The predicted molar refractivity (Wildman–Crippen MR) is 78.7 cm³/mol. The lowest BCUT2D eigenvalue weighted by atomic mass is 9.91. The van der Waals surface area contributed by atoms with E-state index in [9.17, 15) is 4.79 Å². The maximum Gasteiger partial charge on any atom is 0.188 e. The van der Waals surface area contributed by atoms with Crippen molar-refractivity contribution in [2.45, 2.75) is 73.3 Å². The summed E-state index contributed by atoms with van der Waals surface area (Å²) in [5.41, 5.74) is 4.47. The summed E-state index contributed by atoms with van der Waals surface area (Å²) in [4.78, 5) is 12.5. The third-order valence-electron chi connectivity index (χ3n) is 3.67. The topological polar surface area (TPSA) is 22.0 Å². The molecule has 0 fully saturated rings. The molecular weight excluding hydrogens is 222 g/mol. The molecule has 0 N–H and O–H groups in total. The van der Waals surface area contributed by atoms with Gasteiger partial charge in [0.25, 0.3) is 0 Å². The zero-order valence-electron chi connectivity index (χ0n) is 13.1. The molecule has 0 amide bonds. The van der Waals surface area contributed by atoms with Crippen LogP contribution >= 0.6 is 0 Å². The minimum atomic E-state index is 0.239. The number of pyridine rings is 1. The number of aromatic nitrogens is 1. The van der Waals surface area contributed by atoms with Gasteiger partial charge in [-0.2, -0.15) is 0 Å². The van der Waals surface area contributed by atoms with E-state index in [1.807, 2.05) is 6.92 Å². The average molecular weight is 249 g/mol. The first kappa shape index (κ1) is 15.0. The first-order valence-electron chi connectivity index (χ1n) is 6.95. The van der Waals surface area contributed by atoms with Gasteiger partial charge in [-0.3, -0.25) is 4.79 Å². The van der Waals surface area contributed by atoms with Gasteiger partial charge in [-0.1, -0.05) is 27.7 Å². The molecule has 0 aliphatic rings. The highest BCUT2D eigenvalue weighted by Crippen LogP contribution is 2.28. The lowest BCUT2D eigenvalue weighted by Gasteiger charge is -2.28. The monoisotopic (exact) mass is 249 g/mol. The molecule has 0 aromatic carbocycles. The van der Waals surface area contributed by atoms with Gasteiger partial charge in [0.05, 0.1) is 0 Å². The lowest BCUT2D eigenvalue weighted by molar-refractivity contribution is 0.522. The van der Waals surface area contributed by atoms with Crippen LogP contribution in [0.4, 0.5) is 0 Å². The maximum absolute atomic E-state index is 12.5.